The highest BCUT2D eigenvalue weighted by Crippen LogP contribution is 2.25. The Morgan fingerprint density at radius 3 is 2.65 bits per heavy atom. The molecule has 1 aromatic heterocycles. The van der Waals surface area contributed by atoms with Gasteiger partial charge in [-0.05, 0) is 38.0 Å². The average Bonchev–Trinajstić information content (AvgIpc) is 2.74. The number of halogens is 1. The van der Waals surface area contributed by atoms with Crippen LogP contribution in [-0.4, -0.2) is 72.0 Å². The molecule has 2 aromatic rings. The van der Waals surface area contributed by atoms with Gasteiger partial charge in [-0.15, -0.1) is 0 Å². The summed E-state index contributed by atoms with van der Waals surface area (Å²) >= 11 is 0. The van der Waals surface area contributed by atoms with Crippen molar-refractivity contribution in [1.82, 2.24) is 14.9 Å². The zero-order chi connectivity index (χ0) is 22.2. The molecule has 3 rings (SSSR count). The molecule has 0 amide bonds. The predicted molar refractivity (Wildman–Crippen MR) is 121 cm³/mol. The van der Waals surface area contributed by atoms with Crippen molar-refractivity contribution in [3.63, 3.8) is 0 Å². The molecule has 0 radical (unpaired) electrons. The molecular weight excluding hydrogens is 395 g/mol. The number of anilines is 1. The van der Waals surface area contributed by atoms with Gasteiger partial charge in [-0.25, -0.2) is 14.4 Å². The van der Waals surface area contributed by atoms with Crippen molar-refractivity contribution in [2.24, 2.45) is 0 Å². The van der Waals surface area contributed by atoms with Crippen LogP contribution < -0.4 is 4.90 Å². The molecule has 1 aliphatic rings. The number of nitrogens with zero attached hydrogens (tertiary/aromatic N) is 4. The topological polar surface area (TPSA) is 61.7 Å². The highest BCUT2D eigenvalue weighted by atomic mass is 19.1. The van der Waals surface area contributed by atoms with Crippen LogP contribution in [0.15, 0.2) is 24.3 Å². The van der Waals surface area contributed by atoms with Gasteiger partial charge in [0.15, 0.2) is 0 Å². The van der Waals surface area contributed by atoms with Crippen LogP contribution in [0, 0.1) is 19.7 Å². The first-order valence-electron chi connectivity index (χ1n) is 11.3. The van der Waals surface area contributed by atoms with Crippen LogP contribution >= 0.6 is 0 Å². The maximum absolute atomic E-state index is 13.7. The molecule has 1 aliphatic heterocycles. The van der Waals surface area contributed by atoms with Gasteiger partial charge in [0.2, 0.25) is 0 Å². The van der Waals surface area contributed by atoms with Crippen molar-refractivity contribution in [2.45, 2.75) is 46.1 Å². The van der Waals surface area contributed by atoms with Crippen LogP contribution in [0.1, 0.15) is 42.4 Å². The lowest BCUT2D eigenvalue weighted by Crippen LogP contribution is -2.49. The smallest absolute Gasteiger partial charge is 0.136 e. The van der Waals surface area contributed by atoms with Crippen molar-refractivity contribution < 1.29 is 14.2 Å². The van der Waals surface area contributed by atoms with Crippen LogP contribution in [0.2, 0.25) is 0 Å². The molecule has 1 atom stereocenters. The number of ether oxygens (including phenoxy) is 1. The van der Waals surface area contributed by atoms with Gasteiger partial charge in [0, 0.05) is 57.0 Å². The van der Waals surface area contributed by atoms with Gasteiger partial charge >= 0.3 is 0 Å². The molecule has 7 heteroatoms. The highest BCUT2D eigenvalue weighted by Gasteiger charge is 2.23. The van der Waals surface area contributed by atoms with Gasteiger partial charge in [-0.1, -0.05) is 25.5 Å². The molecule has 0 saturated carbocycles. The number of unbranched alkanes of at least 4 members (excludes halogenated alkanes) is 1. The fourth-order valence-corrected chi connectivity index (χ4v) is 4.00. The van der Waals surface area contributed by atoms with E-state index in [0.717, 1.165) is 67.5 Å². The first-order chi connectivity index (χ1) is 15.0. The minimum absolute atomic E-state index is 0.226. The second-order valence-corrected chi connectivity index (χ2v) is 8.34. The lowest BCUT2D eigenvalue weighted by atomic mass is 10.0. The van der Waals surface area contributed by atoms with Crippen molar-refractivity contribution >= 4 is 5.82 Å². The number of rotatable bonds is 10. The van der Waals surface area contributed by atoms with Crippen LogP contribution in [0.3, 0.4) is 0 Å². The normalized spacial score (nSPS) is 16.0. The Hall–Kier alpha value is -2.09. The first kappa shape index (κ1) is 23.6. The largest absolute Gasteiger partial charge is 0.389 e. The minimum atomic E-state index is -0.463. The van der Waals surface area contributed by atoms with Crippen molar-refractivity contribution in [3.05, 3.63) is 52.7 Å². The molecule has 1 N–H and O–H groups in total. The van der Waals surface area contributed by atoms with E-state index in [1.54, 1.807) is 12.1 Å². The van der Waals surface area contributed by atoms with E-state index in [2.05, 4.69) is 21.7 Å². The third-order valence-corrected chi connectivity index (χ3v) is 5.67. The Morgan fingerprint density at radius 1 is 1.16 bits per heavy atom. The SMILES string of the molecule is CCCCOC[C@H](O)CN1CCN(c2nc(C)nc(C)c2Cc2cccc(F)c2)CC1. The van der Waals surface area contributed by atoms with Crippen LogP contribution in [0.25, 0.3) is 0 Å². The van der Waals surface area contributed by atoms with Crippen molar-refractivity contribution in [3.8, 4) is 0 Å². The molecule has 0 aliphatic carbocycles. The number of aryl methyl sites for hydroxylation is 2. The van der Waals surface area contributed by atoms with E-state index in [1.807, 2.05) is 19.9 Å². The standard InChI is InChI=1S/C24H35FN4O2/c1-4-5-13-31-17-22(30)16-28-9-11-29(12-10-28)24-23(18(2)26-19(3)27-24)15-20-7-6-8-21(25)14-20/h6-8,14,22,30H,4-5,9-13,15-17H2,1-3H3/t22-/m1/s1. The molecule has 1 fully saturated rings. The number of aliphatic hydroxyl groups is 1. The molecule has 0 spiro atoms. The van der Waals surface area contributed by atoms with E-state index < -0.39 is 6.10 Å². The summed E-state index contributed by atoms with van der Waals surface area (Å²) in [5, 5.41) is 10.3. The van der Waals surface area contributed by atoms with Crippen LogP contribution in [0.4, 0.5) is 10.2 Å². The predicted octanol–water partition coefficient (Wildman–Crippen LogP) is 3.12. The molecule has 170 valence electrons. The van der Waals surface area contributed by atoms with Gasteiger partial charge in [0.25, 0.3) is 0 Å². The summed E-state index contributed by atoms with van der Waals surface area (Å²) in [6.45, 7) is 11.1. The van der Waals surface area contributed by atoms with Crippen molar-refractivity contribution in [2.75, 3.05) is 50.8 Å². The van der Waals surface area contributed by atoms with E-state index in [1.165, 1.54) is 6.07 Å². The Morgan fingerprint density at radius 2 is 1.94 bits per heavy atom. The third-order valence-electron chi connectivity index (χ3n) is 5.67. The monoisotopic (exact) mass is 430 g/mol. The quantitative estimate of drug-likeness (QED) is 0.585. The fraction of sp³-hybridized carbons (Fsp3) is 0.583. The molecule has 1 aromatic carbocycles. The van der Waals surface area contributed by atoms with Gasteiger partial charge in [-0.2, -0.15) is 0 Å². The summed E-state index contributed by atoms with van der Waals surface area (Å²) in [5.74, 6) is 1.46. The zero-order valence-corrected chi connectivity index (χ0v) is 19.0. The van der Waals surface area contributed by atoms with Crippen LogP contribution in [-0.2, 0) is 11.2 Å². The molecular formula is C24H35FN4O2. The van der Waals surface area contributed by atoms with Gasteiger partial charge < -0.3 is 14.7 Å². The van der Waals surface area contributed by atoms with Crippen molar-refractivity contribution in [1.29, 1.82) is 0 Å². The van der Waals surface area contributed by atoms with Gasteiger partial charge in [0.1, 0.15) is 17.5 Å². The summed E-state index contributed by atoms with van der Waals surface area (Å²) < 4.78 is 19.2. The first-order valence-corrected chi connectivity index (χ1v) is 11.3. The molecule has 31 heavy (non-hydrogen) atoms. The second kappa shape index (κ2) is 11.5. The Balaban J connectivity index is 1.62. The number of aromatic nitrogens is 2. The molecule has 0 unspecified atom stereocenters. The Bertz CT molecular complexity index is 840. The number of hydrogen-bond donors (Lipinski definition) is 1. The number of benzene rings is 1. The highest BCUT2D eigenvalue weighted by molar-refractivity contribution is 5.51. The van der Waals surface area contributed by atoms with E-state index in [9.17, 15) is 9.50 Å². The maximum Gasteiger partial charge on any atom is 0.136 e. The lowest BCUT2D eigenvalue weighted by Gasteiger charge is -2.37. The molecule has 2 heterocycles. The van der Waals surface area contributed by atoms with E-state index in [4.69, 9.17) is 9.72 Å². The summed E-state index contributed by atoms with van der Waals surface area (Å²) in [6, 6.07) is 6.72. The molecule has 6 nitrogen and oxygen atoms in total. The lowest BCUT2D eigenvalue weighted by molar-refractivity contribution is 0.0150. The van der Waals surface area contributed by atoms with Crippen LogP contribution in [0.5, 0.6) is 0 Å². The summed E-state index contributed by atoms with van der Waals surface area (Å²) in [6.07, 6.45) is 2.27. The number of hydrogen-bond acceptors (Lipinski definition) is 6. The Labute approximate surface area is 185 Å². The third kappa shape index (κ3) is 6.95. The van der Waals surface area contributed by atoms with E-state index in [0.29, 0.717) is 26.2 Å². The van der Waals surface area contributed by atoms with Gasteiger partial charge in [0.05, 0.1) is 12.7 Å². The number of aliphatic hydroxyl groups excluding tert-OH is 1. The van der Waals surface area contributed by atoms with E-state index >= 15 is 0 Å². The summed E-state index contributed by atoms with van der Waals surface area (Å²) in [5.41, 5.74) is 2.91. The molecule has 1 saturated heterocycles. The fourth-order valence-electron chi connectivity index (χ4n) is 4.00. The maximum atomic E-state index is 13.7. The summed E-state index contributed by atoms with van der Waals surface area (Å²) in [4.78, 5) is 13.9. The zero-order valence-electron chi connectivity index (χ0n) is 19.0. The van der Waals surface area contributed by atoms with E-state index in [-0.39, 0.29) is 5.82 Å². The number of piperazine rings is 1. The minimum Gasteiger partial charge on any atom is -0.389 e. The van der Waals surface area contributed by atoms with Gasteiger partial charge in [-0.3, -0.25) is 4.90 Å². The summed E-state index contributed by atoms with van der Waals surface area (Å²) in [7, 11) is 0. The number of β-amino-alcohol motifs (C(OH)–C–C–N with tert-alkyl or cyclic N) is 1. The second-order valence-electron chi connectivity index (χ2n) is 8.34. The molecule has 0 bridgehead atoms. The average molecular weight is 431 g/mol. The Kier molecular flexibility index (Phi) is 8.75.